The number of hydrogen-bond acceptors (Lipinski definition) is 5. The number of hydrogen-bond donors (Lipinski definition) is 1. The smallest absolute Gasteiger partial charge is 0.272 e. The monoisotopic (exact) mass is 291 g/mol. The van der Waals surface area contributed by atoms with Gasteiger partial charge in [0.2, 0.25) is 0 Å². The minimum Gasteiger partial charge on any atom is -0.486 e. The number of ether oxygens (including phenoxy) is 1. The van der Waals surface area contributed by atoms with Crippen LogP contribution in [-0.4, -0.2) is 16.5 Å². The summed E-state index contributed by atoms with van der Waals surface area (Å²) < 4.78 is 19.1. The van der Waals surface area contributed by atoms with Crippen LogP contribution in [0.25, 0.3) is 0 Å². The van der Waals surface area contributed by atoms with E-state index < -0.39 is 10.7 Å². The van der Waals surface area contributed by atoms with Crippen molar-refractivity contribution < 1.29 is 14.1 Å². The van der Waals surface area contributed by atoms with Gasteiger partial charge in [-0.05, 0) is 19.1 Å². The molecule has 0 atom stereocenters. The molecule has 2 rings (SSSR count). The molecule has 2 aromatic rings. The van der Waals surface area contributed by atoms with Crippen molar-refractivity contribution in [3.63, 3.8) is 0 Å². The zero-order valence-corrected chi connectivity index (χ0v) is 11.4. The van der Waals surface area contributed by atoms with Crippen LogP contribution in [0.1, 0.15) is 12.5 Å². The molecule has 0 aliphatic carbocycles. The van der Waals surface area contributed by atoms with Crippen molar-refractivity contribution in [2.75, 3.05) is 11.9 Å². The molecule has 0 saturated carbocycles. The molecule has 0 radical (unpaired) electrons. The fourth-order valence-electron chi connectivity index (χ4n) is 1.76. The molecular weight excluding hydrogens is 277 g/mol. The quantitative estimate of drug-likeness (QED) is 0.653. The molecule has 0 fully saturated rings. The Morgan fingerprint density at radius 1 is 1.43 bits per heavy atom. The van der Waals surface area contributed by atoms with Crippen molar-refractivity contribution in [3.8, 4) is 5.75 Å². The molecule has 1 N–H and O–H groups in total. The summed E-state index contributed by atoms with van der Waals surface area (Å²) in [7, 11) is 0. The third-order valence-electron chi connectivity index (χ3n) is 2.74. The van der Waals surface area contributed by atoms with E-state index in [0.717, 1.165) is 11.6 Å². The second-order valence-corrected chi connectivity index (χ2v) is 4.20. The third-order valence-corrected chi connectivity index (χ3v) is 2.74. The largest absolute Gasteiger partial charge is 0.486 e. The van der Waals surface area contributed by atoms with Gasteiger partial charge in [-0.15, -0.1) is 0 Å². The minimum absolute atomic E-state index is 0.0353. The highest BCUT2D eigenvalue weighted by atomic mass is 19.1. The maximum Gasteiger partial charge on any atom is 0.272 e. The second-order valence-electron chi connectivity index (χ2n) is 4.20. The first-order chi connectivity index (χ1) is 10.1. The van der Waals surface area contributed by atoms with Crippen LogP contribution in [0.5, 0.6) is 5.75 Å². The van der Waals surface area contributed by atoms with Gasteiger partial charge in [-0.3, -0.25) is 10.1 Å². The average Bonchev–Trinajstić information content (AvgIpc) is 2.47. The second kappa shape index (κ2) is 6.65. The standard InChI is InChI=1S/C14H14FN3O3/c1-2-16-14-10(4-3-7-17-14)9-21-13-6-5-11(18(19)20)8-12(13)15/h3-8H,2,9H2,1H3,(H,16,17). The van der Waals surface area contributed by atoms with Gasteiger partial charge in [-0.25, -0.2) is 9.37 Å². The highest BCUT2D eigenvalue weighted by molar-refractivity contribution is 5.44. The predicted octanol–water partition coefficient (Wildman–Crippen LogP) is 3.14. The summed E-state index contributed by atoms with van der Waals surface area (Å²) in [5.74, 6) is -0.132. The van der Waals surface area contributed by atoms with Gasteiger partial charge in [0.15, 0.2) is 11.6 Å². The van der Waals surface area contributed by atoms with E-state index in [9.17, 15) is 14.5 Å². The summed E-state index contributed by atoms with van der Waals surface area (Å²) >= 11 is 0. The van der Waals surface area contributed by atoms with Gasteiger partial charge in [0, 0.05) is 24.4 Å². The van der Waals surface area contributed by atoms with Crippen LogP contribution in [0.3, 0.4) is 0 Å². The SMILES string of the molecule is CCNc1ncccc1COc1ccc([N+](=O)[O-])cc1F. The first-order valence-electron chi connectivity index (χ1n) is 6.36. The Labute approximate surface area is 120 Å². The molecule has 0 aliphatic rings. The Hall–Kier alpha value is -2.70. The molecule has 0 spiro atoms. The minimum atomic E-state index is -0.766. The summed E-state index contributed by atoms with van der Waals surface area (Å²) in [6, 6.07) is 6.85. The number of anilines is 1. The van der Waals surface area contributed by atoms with E-state index in [4.69, 9.17) is 4.74 Å². The van der Waals surface area contributed by atoms with Crippen LogP contribution in [0.4, 0.5) is 15.9 Å². The fourth-order valence-corrected chi connectivity index (χ4v) is 1.76. The van der Waals surface area contributed by atoms with E-state index in [-0.39, 0.29) is 18.0 Å². The van der Waals surface area contributed by atoms with E-state index in [1.807, 2.05) is 13.0 Å². The van der Waals surface area contributed by atoms with Crippen molar-refractivity contribution in [2.45, 2.75) is 13.5 Å². The van der Waals surface area contributed by atoms with E-state index >= 15 is 0 Å². The molecular formula is C14H14FN3O3. The fraction of sp³-hybridized carbons (Fsp3) is 0.214. The lowest BCUT2D eigenvalue weighted by atomic mass is 10.2. The van der Waals surface area contributed by atoms with Crippen molar-refractivity contribution in [1.29, 1.82) is 0 Å². The van der Waals surface area contributed by atoms with Gasteiger partial charge < -0.3 is 10.1 Å². The zero-order valence-electron chi connectivity index (χ0n) is 11.4. The van der Waals surface area contributed by atoms with Crippen LogP contribution in [0.2, 0.25) is 0 Å². The lowest BCUT2D eigenvalue weighted by Crippen LogP contribution is -2.06. The molecule has 1 heterocycles. The van der Waals surface area contributed by atoms with Gasteiger partial charge >= 0.3 is 0 Å². The lowest BCUT2D eigenvalue weighted by molar-refractivity contribution is -0.385. The van der Waals surface area contributed by atoms with E-state index in [1.165, 1.54) is 12.1 Å². The van der Waals surface area contributed by atoms with Crippen molar-refractivity contribution in [2.24, 2.45) is 0 Å². The molecule has 1 aromatic carbocycles. The highest BCUT2D eigenvalue weighted by Gasteiger charge is 2.12. The Kier molecular flexibility index (Phi) is 4.65. The third kappa shape index (κ3) is 3.65. The molecule has 7 heteroatoms. The number of non-ortho nitro benzene ring substituents is 1. The summed E-state index contributed by atoms with van der Waals surface area (Å²) in [5.41, 5.74) is 0.465. The van der Waals surface area contributed by atoms with Gasteiger partial charge in [0.1, 0.15) is 12.4 Å². The van der Waals surface area contributed by atoms with Crippen molar-refractivity contribution in [1.82, 2.24) is 4.98 Å². The van der Waals surface area contributed by atoms with Crippen molar-refractivity contribution >= 4 is 11.5 Å². The van der Waals surface area contributed by atoms with E-state index in [2.05, 4.69) is 10.3 Å². The summed E-state index contributed by atoms with van der Waals surface area (Å²) in [4.78, 5) is 14.1. The molecule has 0 saturated heterocycles. The number of halogens is 1. The molecule has 0 unspecified atom stereocenters. The zero-order chi connectivity index (χ0) is 15.2. The van der Waals surface area contributed by atoms with Crippen LogP contribution in [0, 0.1) is 15.9 Å². The molecule has 0 aliphatic heterocycles. The number of pyridine rings is 1. The molecule has 1 aromatic heterocycles. The van der Waals surface area contributed by atoms with Crippen LogP contribution in [-0.2, 0) is 6.61 Å². The Balaban J connectivity index is 2.11. The van der Waals surface area contributed by atoms with Crippen molar-refractivity contribution in [3.05, 3.63) is 58.0 Å². The van der Waals surface area contributed by atoms with Crippen LogP contribution in [0.15, 0.2) is 36.5 Å². The molecule has 110 valence electrons. The first kappa shape index (κ1) is 14.7. The number of nitro benzene ring substituents is 1. The number of aromatic nitrogens is 1. The number of nitro groups is 1. The maximum absolute atomic E-state index is 13.7. The predicted molar refractivity (Wildman–Crippen MR) is 75.8 cm³/mol. The normalized spacial score (nSPS) is 10.2. The molecule has 21 heavy (non-hydrogen) atoms. The molecule has 0 bridgehead atoms. The Morgan fingerprint density at radius 3 is 2.90 bits per heavy atom. The van der Waals surface area contributed by atoms with Gasteiger partial charge in [0.25, 0.3) is 5.69 Å². The lowest BCUT2D eigenvalue weighted by Gasteiger charge is -2.11. The van der Waals surface area contributed by atoms with Gasteiger partial charge in [0.05, 0.1) is 11.0 Å². The van der Waals surface area contributed by atoms with Crippen LogP contribution < -0.4 is 10.1 Å². The highest BCUT2D eigenvalue weighted by Crippen LogP contribution is 2.24. The van der Waals surface area contributed by atoms with Gasteiger partial charge in [-0.1, -0.05) is 6.07 Å². The Bertz CT molecular complexity index is 649. The first-order valence-corrected chi connectivity index (χ1v) is 6.36. The van der Waals surface area contributed by atoms with Gasteiger partial charge in [-0.2, -0.15) is 0 Å². The molecule has 6 nitrogen and oxygen atoms in total. The summed E-state index contributed by atoms with van der Waals surface area (Å²) in [5, 5.41) is 13.6. The topological polar surface area (TPSA) is 77.3 Å². The number of benzene rings is 1. The van der Waals surface area contributed by atoms with E-state index in [0.29, 0.717) is 12.4 Å². The average molecular weight is 291 g/mol. The van der Waals surface area contributed by atoms with E-state index in [1.54, 1.807) is 12.3 Å². The molecule has 0 amide bonds. The summed E-state index contributed by atoms with van der Waals surface area (Å²) in [6.07, 6.45) is 1.65. The number of rotatable bonds is 6. The van der Waals surface area contributed by atoms with Crippen LogP contribution >= 0.6 is 0 Å². The maximum atomic E-state index is 13.7. The number of nitrogens with one attached hydrogen (secondary N) is 1. The Morgan fingerprint density at radius 2 is 2.24 bits per heavy atom. The number of nitrogens with zero attached hydrogens (tertiary/aromatic N) is 2. The summed E-state index contributed by atoms with van der Waals surface area (Å²) in [6.45, 7) is 2.76.